The molecule has 1 aliphatic rings. The van der Waals surface area contributed by atoms with E-state index in [-0.39, 0.29) is 11.8 Å². The summed E-state index contributed by atoms with van der Waals surface area (Å²) in [6.45, 7) is 2.82. The molecule has 0 bridgehead atoms. The number of rotatable bonds is 2. The van der Waals surface area contributed by atoms with Gasteiger partial charge in [-0.3, -0.25) is 9.36 Å². The molecular formula is C20H19N5O2. The zero-order chi connectivity index (χ0) is 19.0. The maximum absolute atomic E-state index is 13.2. The second-order valence-corrected chi connectivity index (χ2v) is 6.65. The second-order valence-electron chi connectivity index (χ2n) is 6.65. The minimum atomic E-state index is -0.177. The van der Waals surface area contributed by atoms with Crippen molar-refractivity contribution >= 4 is 16.8 Å². The summed E-state index contributed by atoms with van der Waals surface area (Å²) in [6, 6.07) is 12.4. The molecule has 0 unspecified atom stereocenters. The van der Waals surface area contributed by atoms with Gasteiger partial charge in [0.2, 0.25) is 0 Å². The first-order valence-corrected chi connectivity index (χ1v) is 8.77. The summed E-state index contributed by atoms with van der Waals surface area (Å²) in [4.78, 5) is 21.4. The summed E-state index contributed by atoms with van der Waals surface area (Å²) in [5.74, 6) is 0.349. The van der Waals surface area contributed by atoms with Crippen LogP contribution in [0.4, 0.5) is 0 Å². The van der Waals surface area contributed by atoms with Crippen LogP contribution in [0.15, 0.2) is 42.6 Å². The maximum Gasteiger partial charge on any atom is 0.255 e. The van der Waals surface area contributed by atoms with E-state index < -0.39 is 0 Å². The van der Waals surface area contributed by atoms with Gasteiger partial charge in [-0.1, -0.05) is 6.07 Å². The Kier molecular flexibility index (Phi) is 4.26. The quantitative estimate of drug-likeness (QED) is 0.754. The maximum atomic E-state index is 13.2. The zero-order valence-electron chi connectivity index (χ0n) is 15.0. The third-order valence-corrected chi connectivity index (χ3v) is 4.97. The van der Waals surface area contributed by atoms with Crippen LogP contribution in [0.25, 0.3) is 16.7 Å². The van der Waals surface area contributed by atoms with E-state index in [1.54, 1.807) is 39.9 Å². The molecule has 1 N–H and O–H groups in total. The second kappa shape index (κ2) is 6.74. The van der Waals surface area contributed by atoms with Gasteiger partial charge >= 0.3 is 0 Å². The van der Waals surface area contributed by atoms with Crippen molar-refractivity contribution in [3.05, 3.63) is 53.7 Å². The van der Waals surface area contributed by atoms with Crippen LogP contribution in [0.5, 0.6) is 5.88 Å². The molecule has 0 saturated carbocycles. The van der Waals surface area contributed by atoms with Crippen LogP contribution in [-0.4, -0.2) is 63.6 Å². The Morgan fingerprint density at radius 1 is 1.19 bits per heavy atom. The highest BCUT2D eigenvalue weighted by molar-refractivity contribution is 6.09. The van der Waals surface area contributed by atoms with Crippen molar-refractivity contribution in [3.8, 4) is 17.8 Å². The Labute approximate surface area is 156 Å². The van der Waals surface area contributed by atoms with Crippen LogP contribution in [-0.2, 0) is 0 Å². The molecular weight excluding hydrogens is 342 g/mol. The fraction of sp³-hybridized carbons (Fsp3) is 0.250. The smallest absolute Gasteiger partial charge is 0.255 e. The van der Waals surface area contributed by atoms with Crippen LogP contribution >= 0.6 is 0 Å². The summed E-state index contributed by atoms with van der Waals surface area (Å²) in [5.41, 5.74) is 1.29. The summed E-state index contributed by atoms with van der Waals surface area (Å²) >= 11 is 0. The van der Waals surface area contributed by atoms with Crippen LogP contribution in [0.1, 0.15) is 15.9 Å². The Balaban J connectivity index is 1.87. The van der Waals surface area contributed by atoms with Crippen molar-refractivity contribution in [2.24, 2.45) is 0 Å². The third kappa shape index (κ3) is 2.90. The van der Waals surface area contributed by atoms with E-state index >= 15 is 0 Å². The first kappa shape index (κ1) is 17.1. The molecule has 1 aliphatic heterocycles. The van der Waals surface area contributed by atoms with E-state index in [2.05, 4.69) is 16.0 Å². The zero-order valence-corrected chi connectivity index (χ0v) is 15.0. The molecule has 0 aliphatic carbocycles. The number of fused-ring (bicyclic) bond motifs is 1. The van der Waals surface area contributed by atoms with E-state index in [0.717, 1.165) is 13.1 Å². The number of nitriles is 1. The lowest BCUT2D eigenvalue weighted by Gasteiger charge is -2.32. The van der Waals surface area contributed by atoms with E-state index in [4.69, 9.17) is 0 Å². The molecule has 136 valence electrons. The van der Waals surface area contributed by atoms with E-state index in [0.29, 0.717) is 40.9 Å². The fourth-order valence-electron chi connectivity index (χ4n) is 3.48. The van der Waals surface area contributed by atoms with Gasteiger partial charge in [-0.15, -0.1) is 0 Å². The molecule has 2 aromatic heterocycles. The largest absolute Gasteiger partial charge is 0.494 e. The molecule has 3 heterocycles. The molecule has 1 saturated heterocycles. The average Bonchev–Trinajstić information content (AvgIpc) is 3.03. The minimum absolute atomic E-state index is 0.0220. The van der Waals surface area contributed by atoms with Crippen LogP contribution < -0.4 is 0 Å². The number of carbonyl (C=O) groups is 1. The van der Waals surface area contributed by atoms with Gasteiger partial charge in [0.15, 0.2) is 5.88 Å². The van der Waals surface area contributed by atoms with E-state index in [9.17, 15) is 15.2 Å². The number of aromatic hydroxyl groups is 1. The van der Waals surface area contributed by atoms with Gasteiger partial charge < -0.3 is 14.9 Å². The van der Waals surface area contributed by atoms with Gasteiger partial charge in [-0.05, 0) is 31.3 Å². The molecule has 0 atom stereocenters. The highest BCUT2D eigenvalue weighted by atomic mass is 16.3. The van der Waals surface area contributed by atoms with Gasteiger partial charge in [0.1, 0.15) is 5.82 Å². The number of likely N-dealkylation sites (N-methyl/N-ethyl adjacent to an activating group) is 1. The Bertz CT molecular complexity index is 1040. The highest BCUT2D eigenvalue weighted by Crippen LogP contribution is 2.32. The Hall–Kier alpha value is -3.37. The van der Waals surface area contributed by atoms with E-state index in [1.165, 1.54) is 6.07 Å². The van der Waals surface area contributed by atoms with Crippen molar-refractivity contribution in [2.45, 2.75) is 0 Å². The molecule has 27 heavy (non-hydrogen) atoms. The Morgan fingerprint density at radius 3 is 2.63 bits per heavy atom. The van der Waals surface area contributed by atoms with Crippen molar-refractivity contribution < 1.29 is 9.90 Å². The van der Waals surface area contributed by atoms with Gasteiger partial charge in [0, 0.05) is 43.8 Å². The van der Waals surface area contributed by atoms with Gasteiger partial charge in [0.25, 0.3) is 5.91 Å². The lowest BCUT2D eigenvalue weighted by Crippen LogP contribution is -2.47. The standard InChI is InChI=1S/C20H19N5O2/c1-23-8-10-24(11-9-23)20(27)19-14(13-21)5-6-16-15(19)12-18(26)25(16)17-4-2-3-7-22-17/h2-7,12,26H,8-11H2,1H3. The van der Waals surface area contributed by atoms with Crippen molar-refractivity contribution in [3.63, 3.8) is 0 Å². The van der Waals surface area contributed by atoms with Gasteiger partial charge in [-0.25, -0.2) is 4.98 Å². The fourth-order valence-corrected chi connectivity index (χ4v) is 3.48. The van der Waals surface area contributed by atoms with Crippen LogP contribution in [0.2, 0.25) is 0 Å². The van der Waals surface area contributed by atoms with Crippen molar-refractivity contribution in [1.82, 2.24) is 19.4 Å². The number of pyridine rings is 1. The number of hydrogen-bond acceptors (Lipinski definition) is 5. The lowest BCUT2D eigenvalue weighted by atomic mass is 10.0. The Morgan fingerprint density at radius 2 is 1.96 bits per heavy atom. The molecule has 7 nitrogen and oxygen atoms in total. The summed E-state index contributed by atoms with van der Waals surface area (Å²) in [7, 11) is 2.02. The predicted molar refractivity (Wildman–Crippen MR) is 101 cm³/mol. The van der Waals surface area contributed by atoms with Crippen molar-refractivity contribution in [1.29, 1.82) is 5.26 Å². The topological polar surface area (TPSA) is 85.4 Å². The number of benzene rings is 1. The highest BCUT2D eigenvalue weighted by Gasteiger charge is 2.26. The molecule has 0 radical (unpaired) electrons. The molecule has 1 amide bonds. The summed E-state index contributed by atoms with van der Waals surface area (Å²) in [5, 5.41) is 20.6. The van der Waals surface area contributed by atoms with Gasteiger partial charge in [-0.2, -0.15) is 5.26 Å². The third-order valence-electron chi connectivity index (χ3n) is 4.97. The number of piperazine rings is 1. The number of aromatic nitrogens is 2. The molecule has 3 aromatic rings. The summed E-state index contributed by atoms with van der Waals surface area (Å²) < 4.78 is 1.58. The number of amides is 1. The average molecular weight is 361 g/mol. The monoisotopic (exact) mass is 361 g/mol. The van der Waals surface area contributed by atoms with Crippen LogP contribution in [0, 0.1) is 11.3 Å². The molecule has 1 aromatic carbocycles. The molecule has 0 spiro atoms. The lowest BCUT2D eigenvalue weighted by molar-refractivity contribution is 0.0666. The normalized spacial score (nSPS) is 15.0. The number of nitrogens with zero attached hydrogens (tertiary/aromatic N) is 5. The molecule has 1 fully saturated rings. The van der Waals surface area contributed by atoms with Gasteiger partial charge in [0.05, 0.1) is 22.7 Å². The first-order valence-electron chi connectivity index (χ1n) is 8.77. The van der Waals surface area contributed by atoms with Crippen LogP contribution in [0.3, 0.4) is 0 Å². The predicted octanol–water partition coefficient (Wildman–Crippen LogP) is 1.99. The summed E-state index contributed by atoms with van der Waals surface area (Å²) in [6.07, 6.45) is 1.64. The number of carbonyl (C=O) groups excluding carboxylic acids is 1. The van der Waals surface area contributed by atoms with Crippen molar-refractivity contribution in [2.75, 3.05) is 33.2 Å². The molecule has 7 heteroatoms. The first-order chi connectivity index (χ1) is 13.1. The number of hydrogen-bond donors (Lipinski definition) is 1. The SMILES string of the molecule is CN1CCN(C(=O)c2c(C#N)ccc3c2cc(O)n3-c2ccccn2)CC1. The minimum Gasteiger partial charge on any atom is -0.494 e. The van der Waals surface area contributed by atoms with E-state index in [1.807, 2.05) is 13.1 Å². The molecule has 4 rings (SSSR count).